The molecule has 0 spiro atoms. The first-order chi connectivity index (χ1) is 39.5. The first-order valence-electron chi connectivity index (χ1n) is 34.1. The Morgan fingerprint density at radius 2 is 0.704 bits per heavy atom. The Hall–Kier alpha value is -2.55. The Labute approximate surface area is 501 Å². The van der Waals surface area contributed by atoms with Gasteiger partial charge in [0.1, 0.15) is 19.8 Å². The molecule has 0 rings (SSSR count). The van der Waals surface area contributed by atoms with Gasteiger partial charge < -0.3 is 27.9 Å². The van der Waals surface area contributed by atoms with Crippen molar-refractivity contribution in [2.45, 2.75) is 322 Å². The highest BCUT2D eigenvalue weighted by molar-refractivity contribution is 7.45. The molecule has 9 nitrogen and oxygen atoms in total. The number of esters is 2. The minimum atomic E-state index is -4.64. The average Bonchev–Trinajstić information content (AvgIpc) is 3.43. The Bertz CT molecular complexity index is 1600. The van der Waals surface area contributed by atoms with Crippen LogP contribution in [0.15, 0.2) is 72.9 Å². The van der Waals surface area contributed by atoms with Crippen LogP contribution in [0.4, 0.5) is 0 Å². The van der Waals surface area contributed by atoms with Gasteiger partial charge in [0.15, 0.2) is 6.10 Å². The van der Waals surface area contributed by atoms with Crippen LogP contribution in [0.1, 0.15) is 316 Å². The zero-order valence-corrected chi connectivity index (χ0v) is 54.6. The number of rotatable bonds is 63. The van der Waals surface area contributed by atoms with Gasteiger partial charge in [0.05, 0.1) is 27.7 Å². The molecule has 81 heavy (non-hydrogen) atoms. The second kappa shape index (κ2) is 62.0. The summed E-state index contributed by atoms with van der Waals surface area (Å²) in [7, 11) is 1.18. The number of unbranched alkanes of at least 4 members (excludes halogenated alkanes) is 37. The number of nitrogens with zero attached hydrogens (tertiary/aromatic N) is 1. The van der Waals surface area contributed by atoms with Crippen molar-refractivity contribution in [3.8, 4) is 0 Å². The Morgan fingerprint density at radius 1 is 0.395 bits per heavy atom. The molecule has 10 heteroatoms. The van der Waals surface area contributed by atoms with Crippen LogP contribution in [0, 0.1) is 0 Å². The quantitative estimate of drug-likeness (QED) is 0.0195. The van der Waals surface area contributed by atoms with E-state index in [4.69, 9.17) is 18.5 Å². The van der Waals surface area contributed by atoms with Crippen molar-refractivity contribution < 1.29 is 42.1 Å². The zero-order chi connectivity index (χ0) is 59.1. The van der Waals surface area contributed by atoms with E-state index in [1.54, 1.807) is 0 Å². The van der Waals surface area contributed by atoms with Crippen LogP contribution in [-0.2, 0) is 32.7 Å². The van der Waals surface area contributed by atoms with E-state index in [1.807, 2.05) is 21.1 Å². The standard InChI is InChI=1S/C71H130NO8P/c1-6-8-10-12-14-16-18-20-22-24-26-27-28-29-30-31-32-33-34-35-36-37-38-39-40-41-42-43-44-45-46-48-50-52-54-56-58-60-62-64-71(74)80-69(68-79-81(75,76)78-66-65-72(3,4)5)67-77-70(73)63-61-59-57-55-53-51-49-47-25-23-21-19-17-15-13-11-9-7-2/h8,10,14,16,20,22,26-27,29-30,32-33,69H,6-7,9,11-13,15,17-19,21,23-25,28,31,34-68H2,1-5H3/b10-8-,16-14-,22-20-,27-26-,30-29-,33-32-. The van der Waals surface area contributed by atoms with Gasteiger partial charge in [-0.1, -0.05) is 311 Å². The highest BCUT2D eigenvalue weighted by atomic mass is 31.2. The Kier molecular flexibility index (Phi) is 60.0. The maximum Gasteiger partial charge on any atom is 0.306 e. The van der Waals surface area contributed by atoms with Gasteiger partial charge in [0.25, 0.3) is 7.82 Å². The predicted molar refractivity (Wildman–Crippen MR) is 346 cm³/mol. The fraction of sp³-hybridized carbons (Fsp3) is 0.803. The van der Waals surface area contributed by atoms with Crippen LogP contribution in [0.25, 0.3) is 0 Å². The van der Waals surface area contributed by atoms with Gasteiger partial charge >= 0.3 is 11.9 Å². The molecule has 0 saturated heterocycles. The van der Waals surface area contributed by atoms with Crippen molar-refractivity contribution in [3.05, 3.63) is 72.9 Å². The van der Waals surface area contributed by atoms with Gasteiger partial charge in [-0.3, -0.25) is 14.2 Å². The van der Waals surface area contributed by atoms with Gasteiger partial charge in [0, 0.05) is 12.8 Å². The molecule has 0 aliphatic heterocycles. The highest BCUT2D eigenvalue weighted by Crippen LogP contribution is 2.38. The monoisotopic (exact) mass is 1160 g/mol. The summed E-state index contributed by atoms with van der Waals surface area (Å²) in [6.45, 7) is 4.17. The zero-order valence-electron chi connectivity index (χ0n) is 53.7. The van der Waals surface area contributed by atoms with Crippen molar-refractivity contribution in [1.82, 2.24) is 0 Å². The summed E-state index contributed by atoms with van der Waals surface area (Å²) >= 11 is 0. The number of phosphoric ester groups is 1. The average molecular weight is 1160 g/mol. The number of hydrogen-bond acceptors (Lipinski definition) is 8. The minimum absolute atomic E-state index is 0.0291. The third-order valence-corrected chi connectivity index (χ3v) is 16.0. The van der Waals surface area contributed by atoms with Crippen molar-refractivity contribution >= 4 is 19.8 Å². The lowest BCUT2D eigenvalue weighted by atomic mass is 10.0. The molecule has 0 radical (unpaired) electrons. The number of hydrogen-bond donors (Lipinski definition) is 0. The fourth-order valence-electron chi connectivity index (χ4n) is 9.78. The molecule has 0 aliphatic carbocycles. The molecule has 0 N–H and O–H groups in total. The molecular formula is C71H130NO8P. The number of carbonyl (C=O) groups excluding carboxylic acids is 2. The highest BCUT2D eigenvalue weighted by Gasteiger charge is 2.22. The van der Waals surface area contributed by atoms with Crippen LogP contribution in [0.5, 0.6) is 0 Å². The van der Waals surface area contributed by atoms with Crippen LogP contribution in [0.3, 0.4) is 0 Å². The number of likely N-dealkylation sites (N-methyl/N-ethyl adjacent to an activating group) is 1. The maximum atomic E-state index is 12.8. The van der Waals surface area contributed by atoms with Crippen LogP contribution in [-0.4, -0.2) is 70.0 Å². The second-order valence-electron chi connectivity index (χ2n) is 24.2. The molecule has 0 aromatic heterocycles. The molecule has 0 fully saturated rings. The molecule has 2 unspecified atom stereocenters. The van der Waals surface area contributed by atoms with Gasteiger partial charge in [-0.25, -0.2) is 0 Å². The summed E-state index contributed by atoms with van der Waals surface area (Å²) in [5, 5.41) is 0. The third-order valence-electron chi connectivity index (χ3n) is 15.0. The molecule has 0 bridgehead atoms. The summed E-state index contributed by atoms with van der Waals surface area (Å²) in [4.78, 5) is 38.0. The van der Waals surface area contributed by atoms with E-state index in [1.165, 1.54) is 205 Å². The van der Waals surface area contributed by atoms with Crippen molar-refractivity contribution in [2.75, 3.05) is 47.5 Å². The van der Waals surface area contributed by atoms with E-state index in [9.17, 15) is 19.0 Å². The SMILES string of the molecule is CC/C=C\C/C=C\C/C=C\C/C=C\C/C=C\C/C=C\CCCCCCCCCCCCCCCCCCCCCCC(=O)OC(COC(=O)CCCCCCCCCCCCCCCCCCCC)COP(=O)([O-])OCC[N+](C)(C)C. The van der Waals surface area contributed by atoms with Crippen molar-refractivity contribution in [1.29, 1.82) is 0 Å². The van der Waals surface area contributed by atoms with Crippen LogP contribution >= 0.6 is 7.82 Å². The molecule has 0 saturated carbocycles. The number of quaternary nitrogens is 1. The van der Waals surface area contributed by atoms with Gasteiger partial charge in [0.2, 0.25) is 0 Å². The molecule has 0 aliphatic rings. The summed E-state index contributed by atoms with van der Waals surface area (Å²) in [6, 6.07) is 0. The maximum absolute atomic E-state index is 12.8. The molecule has 0 aromatic rings. The van der Waals surface area contributed by atoms with Crippen LogP contribution in [0.2, 0.25) is 0 Å². The number of ether oxygens (including phenoxy) is 2. The predicted octanol–water partition coefficient (Wildman–Crippen LogP) is 21.4. The summed E-state index contributed by atoms with van der Waals surface area (Å²) in [6.07, 6.45) is 82.7. The first-order valence-corrected chi connectivity index (χ1v) is 35.6. The second-order valence-corrected chi connectivity index (χ2v) is 25.6. The number of allylic oxidation sites excluding steroid dienone is 12. The van der Waals surface area contributed by atoms with Gasteiger partial charge in [-0.15, -0.1) is 0 Å². The lowest BCUT2D eigenvalue weighted by Gasteiger charge is -2.28. The first kappa shape index (κ1) is 78.5. The van der Waals surface area contributed by atoms with E-state index < -0.39 is 26.5 Å². The number of carbonyl (C=O) groups is 2. The smallest absolute Gasteiger partial charge is 0.306 e. The van der Waals surface area contributed by atoms with Gasteiger partial charge in [-0.05, 0) is 64.2 Å². The number of phosphoric acid groups is 1. The van der Waals surface area contributed by atoms with Crippen molar-refractivity contribution in [3.63, 3.8) is 0 Å². The van der Waals surface area contributed by atoms with Crippen molar-refractivity contribution in [2.24, 2.45) is 0 Å². The van der Waals surface area contributed by atoms with E-state index in [-0.39, 0.29) is 32.0 Å². The Morgan fingerprint density at radius 3 is 1.05 bits per heavy atom. The molecule has 0 heterocycles. The lowest BCUT2D eigenvalue weighted by molar-refractivity contribution is -0.870. The summed E-state index contributed by atoms with van der Waals surface area (Å²) < 4.78 is 34.3. The fourth-order valence-corrected chi connectivity index (χ4v) is 10.5. The molecule has 0 amide bonds. The van der Waals surface area contributed by atoms with E-state index in [0.29, 0.717) is 17.4 Å². The van der Waals surface area contributed by atoms with Crippen LogP contribution < -0.4 is 4.89 Å². The van der Waals surface area contributed by atoms with Gasteiger partial charge in [-0.2, -0.15) is 0 Å². The molecular weight excluding hydrogens is 1030 g/mol. The van der Waals surface area contributed by atoms with E-state index in [0.717, 1.165) is 77.0 Å². The molecule has 0 aromatic carbocycles. The normalized spacial score (nSPS) is 13.6. The summed E-state index contributed by atoms with van der Waals surface area (Å²) in [5.41, 5.74) is 0. The summed E-state index contributed by atoms with van der Waals surface area (Å²) in [5.74, 6) is -0.816. The Balaban J connectivity index is 3.95. The lowest BCUT2D eigenvalue weighted by Crippen LogP contribution is -2.37. The third kappa shape index (κ3) is 66.5. The molecule has 472 valence electrons. The largest absolute Gasteiger partial charge is 0.756 e. The molecule has 2 atom stereocenters. The van der Waals surface area contributed by atoms with E-state index >= 15 is 0 Å². The topological polar surface area (TPSA) is 111 Å². The minimum Gasteiger partial charge on any atom is -0.756 e. The van der Waals surface area contributed by atoms with E-state index in [2.05, 4.69) is 86.8 Å².